The Hall–Kier alpha value is -2.11. The zero-order valence-electron chi connectivity index (χ0n) is 18.4. The van der Waals surface area contributed by atoms with Crippen molar-refractivity contribution in [3.05, 3.63) is 47.6 Å². The first-order valence-electron chi connectivity index (χ1n) is 10.7. The normalized spacial score (nSPS) is 30.5. The minimum Gasteiger partial charge on any atom is -0.497 e. The summed E-state index contributed by atoms with van der Waals surface area (Å²) in [6.45, 7) is 6.48. The lowest BCUT2D eigenvalue weighted by molar-refractivity contribution is -0.177. The van der Waals surface area contributed by atoms with Gasteiger partial charge in [0.15, 0.2) is 0 Å². The fourth-order valence-electron chi connectivity index (χ4n) is 5.64. The van der Waals surface area contributed by atoms with Crippen LogP contribution in [0.1, 0.15) is 45.6 Å². The molecule has 2 N–H and O–H groups in total. The number of aliphatic hydroxyl groups is 2. The molecule has 0 bridgehead atoms. The molecule has 0 radical (unpaired) electrons. The Morgan fingerprint density at radius 1 is 1.20 bits per heavy atom. The van der Waals surface area contributed by atoms with Gasteiger partial charge in [-0.2, -0.15) is 0 Å². The number of hydrogen-bond acceptors (Lipinski definition) is 5. The number of benzene rings is 1. The molecule has 1 aromatic carbocycles. The number of aliphatic hydroxyl groups excluding tert-OH is 2. The molecule has 3 rings (SSSR count). The third kappa shape index (κ3) is 4.19. The molecule has 1 fully saturated rings. The lowest BCUT2D eigenvalue weighted by Crippen LogP contribution is -2.58. The zero-order valence-corrected chi connectivity index (χ0v) is 18.4. The van der Waals surface area contributed by atoms with E-state index in [1.165, 1.54) is 6.08 Å². The number of fused-ring (bicyclic) bond motifs is 1. The molecule has 5 nitrogen and oxygen atoms in total. The van der Waals surface area contributed by atoms with Crippen molar-refractivity contribution in [1.29, 1.82) is 0 Å². The van der Waals surface area contributed by atoms with Crippen molar-refractivity contribution in [2.75, 3.05) is 20.3 Å². The first-order chi connectivity index (χ1) is 14.3. The molecule has 1 saturated carbocycles. The van der Waals surface area contributed by atoms with E-state index in [-0.39, 0.29) is 42.5 Å². The van der Waals surface area contributed by atoms with E-state index in [1.807, 2.05) is 24.3 Å². The van der Waals surface area contributed by atoms with Crippen molar-refractivity contribution in [3.8, 4) is 5.75 Å². The maximum atomic E-state index is 12.7. The van der Waals surface area contributed by atoms with Gasteiger partial charge in [0.05, 0.1) is 20.3 Å². The smallest absolute Gasteiger partial charge is 0.331 e. The average Bonchev–Trinajstić information content (AvgIpc) is 2.74. The Bertz CT molecular complexity index is 807. The molecule has 0 saturated heterocycles. The van der Waals surface area contributed by atoms with Crippen LogP contribution in [0.25, 0.3) is 6.08 Å². The Morgan fingerprint density at radius 3 is 2.50 bits per heavy atom. The van der Waals surface area contributed by atoms with E-state index >= 15 is 0 Å². The fourth-order valence-corrected chi connectivity index (χ4v) is 5.64. The van der Waals surface area contributed by atoms with Gasteiger partial charge in [-0.3, -0.25) is 0 Å². The van der Waals surface area contributed by atoms with E-state index in [2.05, 4.69) is 26.8 Å². The van der Waals surface area contributed by atoms with Gasteiger partial charge in [-0.15, -0.1) is 0 Å². The SMILES string of the molecule is COc1ccc(/C=C/C(=O)O[C@@H]2CCC(C)(C)C3CC=C(CO)[C@H](CO)[C@]32C)cc1. The van der Waals surface area contributed by atoms with E-state index in [0.717, 1.165) is 36.1 Å². The summed E-state index contributed by atoms with van der Waals surface area (Å²) in [6.07, 6.45) is 7.48. The van der Waals surface area contributed by atoms with Crippen molar-refractivity contribution >= 4 is 12.0 Å². The highest BCUT2D eigenvalue weighted by molar-refractivity contribution is 5.87. The second-order valence-corrected chi connectivity index (χ2v) is 9.39. The molecule has 1 unspecified atom stereocenters. The van der Waals surface area contributed by atoms with Crippen molar-refractivity contribution < 1.29 is 24.5 Å². The van der Waals surface area contributed by atoms with Gasteiger partial charge in [-0.05, 0) is 59.9 Å². The number of esters is 1. The van der Waals surface area contributed by atoms with Crippen LogP contribution in [0, 0.1) is 22.7 Å². The lowest BCUT2D eigenvalue weighted by atomic mass is 9.47. The van der Waals surface area contributed by atoms with Gasteiger partial charge in [0.25, 0.3) is 0 Å². The van der Waals surface area contributed by atoms with Crippen molar-refractivity contribution in [2.45, 2.75) is 46.1 Å². The molecule has 5 heteroatoms. The Balaban J connectivity index is 1.81. The van der Waals surface area contributed by atoms with E-state index < -0.39 is 5.41 Å². The molecular formula is C25H34O5. The molecular weight excluding hydrogens is 380 g/mol. The third-order valence-electron chi connectivity index (χ3n) is 7.40. The minimum absolute atomic E-state index is 0.0643. The number of rotatable bonds is 6. The topological polar surface area (TPSA) is 76.0 Å². The Morgan fingerprint density at radius 2 is 1.90 bits per heavy atom. The van der Waals surface area contributed by atoms with E-state index in [1.54, 1.807) is 13.2 Å². The molecule has 0 heterocycles. The number of carbonyl (C=O) groups excluding carboxylic acids is 1. The van der Waals surface area contributed by atoms with Gasteiger partial charge in [0.1, 0.15) is 11.9 Å². The highest BCUT2D eigenvalue weighted by atomic mass is 16.5. The molecule has 0 spiro atoms. The van der Waals surface area contributed by atoms with E-state index in [9.17, 15) is 15.0 Å². The Kier molecular flexibility index (Phi) is 6.73. The first-order valence-corrected chi connectivity index (χ1v) is 10.7. The predicted octanol–water partition coefficient (Wildman–Crippen LogP) is 3.99. The zero-order chi connectivity index (χ0) is 21.9. The number of methoxy groups -OCH3 is 1. The van der Waals surface area contributed by atoms with Crippen molar-refractivity contribution in [3.63, 3.8) is 0 Å². The molecule has 1 aromatic rings. The van der Waals surface area contributed by atoms with Crippen LogP contribution in [0.2, 0.25) is 0 Å². The van der Waals surface area contributed by atoms with Crippen LogP contribution in [0.4, 0.5) is 0 Å². The van der Waals surface area contributed by atoms with Crippen LogP contribution in [0.5, 0.6) is 5.75 Å². The van der Waals surface area contributed by atoms with Crippen molar-refractivity contribution in [2.24, 2.45) is 22.7 Å². The molecule has 164 valence electrons. The van der Waals surface area contributed by atoms with Crippen LogP contribution in [0.15, 0.2) is 42.0 Å². The quantitative estimate of drug-likeness (QED) is 0.418. The maximum Gasteiger partial charge on any atom is 0.331 e. The summed E-state index contributed by atoms with van der Waals surface area (Å²) in [6, 6.07) is 7.45. The number of ether oxygens (including phenoxy) is 2. The molecule has 4 atom stereocenters. The van der Waals surface area contributed by atoms with Crippen LogP contribution >= 0.6 is 0 Å². The van der Waals surface area contributed by atoms with Crippen LogP contribution in [-0.4, -0.2) is 42.6 Å². The maximum absolute atomic E-state index is 12.7. The number of hydrogen-bond donors (Lipinski definition) is 2. The van der Waals surface area contributed by atoms with E-state index in [4.69, 9.17) is 9.47 Å². The van der Waals surface area contributed by atoms with Crippen LogP contribution < -0.4 is 4.74 Å². The summed E-state index contributed by atoms with van der Waals surface area (Å²) in [5, 5.41) is 20.0. The third-order valence-corrected chi connectivity index (χ3v) is 7.40. The summed E-state index contributed by atoms with van der Waals surface area (Å²) in [7, 11) is 1.61. The van der Waals surface area contributed by atoms with Gasteiger partial charge in [-0.1, -0.05) is 39.0 Å². The second kappa shape index (κ2) is 8.94. The lowest BCUT2D eigenvalue weighted by Gasteiger charge is -2.59. The summed E-state index contributed by atoms with van der Waals surface area (Å²) in [5.41, 5.74) is 1.39. The standard InChI is InChI=1S/C25H34O5/c1-24(2)14-13-22(25(3)20(16-27)18(15-26)8-11-21(24)25)30-23(28)12-7-17-5-9-19(29-4)10-6-17/h5-10,12,20-22,26-27H,11,13-16H2,1-4H3/b12-7+/t20-,21?,22+,25+/m0/s1. The monoisotopic (exact) mass is 414 g/mol. The van der Waals surface area contributed by atoms with Gasteiger partial charge >= 0.3 is 5.97 Å². The molecule has 30 heavy (non-hydrogen) atoms. The van der Waals surface area contributed by atoms with Gasteiger partial charge in [-0.25, -0.2) is 4.79 Å². The van der Waals surface area contributed by atoms with Crippen molar-refractivity contribution in [1.82, 2.24) is 0 Å². The van der Waals surface area contributed by atoms with E-state index in [0.29, 0.717) is 0 Å². The summed E-state index contributed by atoms with van der Waals surface area (Å²) in [5.74, 6) is 0.421. The predicted molar refractivity (Wildman–Crippen MR) is 117 cm³/mol. The largest absolute Gasteiger partial charge is 0.497 e. The molecule has 0 amide bonds. The molecule has 2 aliphatic carbocycles. The first kappa shape index (κ1) is 22.6. The second-order valence-electron chi connectivity index (χ2n) is 9.39. The molecule has 2 aliphatic rings. The highest BCUT2D eigenvalue weighted by Crippen LogP contribution is 2.60. The molecule has 0 aliphatic heterocycles. The number of allylic oxidation sites excluding steroid dienone is 1. The van der Waals surface area contributed by atoms with Gasteiger partial charge in [0.2, 0.25) is 0 Å². The summed E-state index contributed by atoms with van der Waals surface area (Å²) in [4.78, 5) is 12.7. The average molecular weight is 415 g/mol. The van der Waals surface area contributed by atoms with Gasteiger partial charge in [0, 0.05) is 17.4 Å². The van der Waals surface area contributed by atoms with Gasteiger partial charge < -0.3 is 19.7 Å². The fraction of sp³-hybridized carbons (Fsp3) is 0.560. The number of carbonyl (C=O) groups is 1. The Labute approximate surface area is 179 Å². The van der Waals surface area contributed by atoms with Crippen LogP contribution in [-0.2, 0) is 9.53 Å². The molecule has 0 aromatic heterocycles. The van der Waals surface area contributed by atoms with Crippen LogP contribution in [0.3, 0.4) is 0 Å². The minimum atomic E-state index is -0.424. The summed E-state index contributed by atoms with van der Waals surface area (Å²) < 4.78 is 11.1. The highest BCUT2D eigenvalue weighted by Gasteiger charge is 2.58. The summed E-state index contributed by atoms with van der Waals surface area (Å²) >= 11 is 0.